The summed E-state index contributed by atoms with van der Waals surface area (Å²) < 4.78 is 5.08. The Bertz CT molecular complexity index is 702. The highest BCUT2D eigenvalue weighted by atomic mass is 32.2. The molecular weight excluding hydrogens is 398 g/mol. The van der Waals surface area contributed by atoms with Crippen LogP contribution in [0.3, 0.4) is 0 Å². The van der Waals surface area contributed by atoms with Crippen LogP contribution in [-0.4, -0.2) is 77.5 Å². The van der Waals surface area contributed by atoms with E-state index in [2.05, 4.69) is 5.32 Å². The smallest absolute Gasteiger partial charge is 0.325 e. The number of likely N-dealkylation sites (tertiary alicyclic amines) is 1. The van der Waals surface area contributed by atoms with Gasteiger partial charge >= 0.3 is 5.97 Å². The molecule has 3 heterocycles. The van der Waals surface area contributed by atoms with Crippen molar-refractivity contribution >= 4 is 40.9 Å². The molecule has 0 aliphatic carbocycles. The fourth-order valence-corrected chi connectivity index (χ4v) is 5.07. The molecule has 0 saturated carbocycles. The van der Waals surface area contributed by atoms with Crippen LogP contribution in [0.5, 0.6) is 0 Å². The molecule has 2 saturated heterocycles. The second-order valence-corrected chi connectivity index (χ2v) is 8.94. The summed E-state index contributed by atoms with van der Waals surface area (Å²) in [6, 6.07) is 3.42. The Balaban J connectivity index is 1.72. The lowest BCUT2D eigenvalue weighted by molar-refractivity contribution is -0.151. The number of hydrogen-bond acceptors (Lipinski definition) is 7. The van der Waals surface area contributed by atoms with Gasteiger partial charge in [0.05, 0.1) is 23.2 Å². The van der Waals surface area contributed by atoms with Gasteiger partial charge in [-0.1, -0.05) is 6.07 Å². The summed E-state index contributed by atoms with van der Waals surface area (Å²) >= 11 is 3.14. The lowest BCUT2D eigenvalue weighted by Crippen LogP contribution is -2.60. The molecule has 1 N–H and O–H groups in total. The molecule has 0 radical (unpaired) electrons. The maximum Gasteiger partial charge on any atom is 0.325 e. The van der Waals surface area contributed by atoms with Crippen molar-refractivity contribution in [3.63, 3.8) is 0 Å². The van der Waals surface area contributed by atoms with Gasteiger partial charge < -0.3 is 14.5 Å². The van der Waals surface area contributed by atoms with Crippen LogP contribution in [0.2, 0.25) is 0 Å². The van der Waals surface area contributed by atoms with Crippen LogP contribution in [-0.2, 0) is 14.3 Å². The number of rotatable bonds is 7. The van der Waals surface area contributed by atoms with Crippen LogP contribution < -0.4 is 5.32 Å². The SMILES string of the molecule is CCOC(=O)CN1C(=O)C(CCSC)NC12CCN(C(=O)c1cccs1)CC2. The summed E-state index contributed by atoms with van der Waals surface area (Å²) in [4.78, 5) is 42.0. The predicted molar refractivity (Wildman–Crippen MR) is 110 cm³/mol. The highest BCUT2D eigenvalue weighted by Gasteiger charge is 2.52. The quantitative estimate of drug-likeness (QED) is 0.671. The Labute approximate surface area is 173 Å². The number of nitrogens with one attached hydrogen (secondary N) is 1. The molecule has 1 atom stereocenters. The molecule has 2 aliphatic heterocycles. The van der Waals surface area contributed by atoms with Gasteiger partial charge in [-0.15, -0.1) is 11.3 Å². The third-order valence-corrected chi connectivity index (χ3v) is 6.84. The van der Waals surface area contributed by atoms with E-state index in [9.17, 15) is 14.4 Å². The van der Waals surface area contributed by atoms with Gasteiger partial charge in [-0.3, -0.25) is 19.7 Å². The first kappa shape index (κ1) is 21.1. The molecule has 28 heavy (non-hydrogen) atoms. The number of amides is 2. The molecule has 1 aromatic heterocycles. The van der Waals surface area contributed by atoms with Crippen molar-refractivity contribution < 1.29 is 19.1 Å². The summed E-state index contributed by atoms with van der Waals surface area (Å²) in [5, 5.41) is 5.40. The largest absolute Gasteiger partial charge is 0.465 e. The fraction of sp³-hybridized carbons (Fsp3) is 0.632. The number of carbonyl (C=O) groups is 3. The van der Waals surface area contributed by atoms with Crippen molar-refractivity contribution in [2.75, 3.05) is 38.2 Å². The Hall–Kier alpha value is -1.58. The average molecular weight is 426 g/mol. The van der Waals surface area contributed by atoms with Gasteiger partial charge in [-0.05, 0) is 36.8 Å². The van der Waals surface area contributed by atoms with E-state index in [1.807, 2.05) is 28.7 Å². The molecular formula is C19H27N3O4S2. The van der Waals surface area contributed by atoms with Crippen LogP contribution >= 0.6 is 23.1 Å². The van der Waals surface area contributed by atoms with E-state index in [0.29, 0.717) is 32.5 Å². The molecule has 1 unspecified atom stereocenters. The van der Waals surface area contributed by atoms with Crippen molar-refractivity contribution in [2.24, 2.45) is 0 Å². The van der Waals surface area contributed by atoms with Gasteiger partial charge in [0.25, 0.3) is 5.91 Å². The normalized spacial score (nSPS) is 21.4. The number of carbonyl (C=O) groups excluding carboxylic acids is 3. The van der Waals surface area contributed by atoms with Gasteiger partial charge in [0.15, 0.2) is 0 Å². The maximum atomic E-state index is 13.0. The van der Waals surface area contributed by atoms with Crippen LogP contribution in [0.15, 0.2) is 17.5 Å². The highest BCUT2D eigenvalue weighted by molar-refractivity contribution is 7.98. The molecule has 1 spiro atoms. The van der Waals surface area contributed by atoms with Crippen molar-refractivity contribution in [1.82, 2.24) is 15.1 Å². The number of hydrogen-bond donors (Lipinski definition) is 1. The average Bonchev–Trinajstić information content (AvgIpc) is 3.30. The maximum absolute atomic E-state index is 13.0. The summed E-state index contributed by atoms with van der Waals surface area (Å²) in [6.07, 6.45) is 3.94. The number of thioether (sulfide) groups is 1. The monoisotopic (exact) mass is 425 g/mol. The zero-order chi connectivity index (χ0) is 20.1. The van der Waals surface area contributed by atoms with Crippen molar-refractivity contribution in [1.29, 1.82) is 0 Å². The first-order valence-corrected chi connectivity index (χ1v) is 11.8. The first-order valence-electron chi connectivity index (χ1n) is 9.57. The second-order valence-electron chi connectivity index (χ2n) is 7.01. The minimum absolute atomic E-state index is 0.0325. The second kappa shape index (κ2) is 9.28. The Kier molecular flexibility index (Phi) is 7.00. The van der Waals surface area contributed by atoms with E-state index in [-0.39, 0.29) is 30.4 Å². The van der Waals surface area contributed by atoms with E-state index >= 15 is 0 Å². The molecule has 2 aliphatic rings. The molecule has 2 fully saturated rings. The number of nitrogens with zero attached hydrogens (tertiary/aromatic N) is 2. The third-order valence-electron chi connectivity index (χ3n) is 5.34. The van der Waals surface area contributed by atoms with E-state index in [1.165, 1.54) is 11.3 Å². The molecule has 154 valence electrons. The van der Waals surface area contributed by atoms with Gasteiger partial charge in [-0.2, -0.15) is 11.8 Å². The molecule has 9 heteroatoms. The molecule has 7 nitrogen and oxygen atoms in total. The predicted octanol–water partition coefficient (Wildman–Crippen LogP) is 1.80. The van der Waals surface area contributed by atoms with Gasteiger partial charge in [0, 0.05) is 25.9 Å². The summed E-state index contributed by atoms with van der Waals surface area (Å²) in [7, 11) is 0. The van der Waals surface area contributed by atoms with Crippen LogP contribution in [0.25, 0.3) is 0 Å². The first-order chi connectivity index (χ1) is 13.5. The van der Waals surface area contributed by atoms with Crippen molar-refractivity contribution in [2.45, 2.75) is 37.9 Å². The third kappa shape index (κ3) is 4.36. The Morgan fingerprint density at radius 2 is 2.14 bits per heavy atom. The Morgan fingerprint density at radius 1 is 1.39 bits per heavy atom. The molecule has 3 rings (SSSR count). The topological polar surface area (TPSA) is 79.0 Å². The summed E-state index contributed by atoms with van der Waals surface area (Å²) in [6.45, 7) is 3.10. The van der Waals surface area contributed by atoms with Crippen LogP contribution in [0, 0.1) is 0 Å². The zero-order valence-corrected chi connectivity index (χ0v) is 17.9. The lowest BCUT2D eigenvalue weighted by Gasteiger charge is -2.44. The van der Waals surface area contributed by atoms with Crippen molar-refractivity contribution in [3.05, 3.63) is 22.4 Å². The summed E-state index contributed by atoms with van der Waals surface area (Å²) in [5.41, 5.74) is -0.584. The Morgan fingerprint density at radius 3 is 2.75 bits per heavy atom. The van der Waals surface area contributed by atoms with E-state index < -0.39 is 5.66 Å². The number of esters is 1. The minimum atomic E-state index is -0.584. The van der Waals surface area contributed by atoms with Gasteiger partial charge in [-0.25, -0.2) is 0 Å². The molecule has 1 aromatic rings. The minimum Gasteiger partial charge on any atom is -0.465 e. The molecule has 0 bridgehead atoms. The fourth-order valence-electron chi connectivity index (χ4n) is 3.91. The van der Waals surface area contributed by atoms with Crippen LogP contribution in [0.4, 0.5) is 0 Å². The summed E-state index contributed by atoms with van der Waals surface area (Å²) in [5.74, 6) is 0.472. The zero-order valence-electron chi connectivity index (χ0n) is 16.3. The standard InChI is InChI=1S/C19H27N3O4S2/c1-3-26-16(23)13-22-17(24)14(6-12-27-2)20-19(22)7-9-21(10-8-19)18(25)15-5-4-11-28-15/h4-5,11,14,20H,3,6-10,12-13H2,1-2H3. The van der Waals surface area contributed by atoms with Gasteiger partial charge in [0.2, 0.25) is 5.91 Å². The highest BCUT2D eigenvalue weighted by Crippen LogP contribution is 2.34. The van der Waals surface area contributed by atoms with Crippen LogP contribution in [0.1, 0.15) is 35.9 Å². The number of piperidine rings is 1. The molecule has 2 amide bonds. The van der Waals surface area contributed by atoms with E-state index in [0.717, 1.165) is 17.1 Å². The lowest BCUT2D eigenvalue weighted by atomic mass is 9.95. The molecule has 0 aromatic carbocycles. The van der Waals surface area contributed by atoms with E-state index in [1.54, 1.807) is 23.6 Å². The number of ether oxygens (including phenoxy) is 1. The van der Waals surface area contributed by atoms with Crippen molar-refractivity contribution in [3.8, 4) is 0 Å². The van der Waals surface area contributed by atoms with E-state index in [4.69, 9.17) is 4.74 Å². The van der Waals surface area contributed by atoms with Gasteiger partial charge in [0.1, 0.15) is 6.54 Å². The number of thiophene rings is 1.